The maximum Gasteiger partial charge on any atom is 0.268 e. The summed E-state index contributed by atoms with van der Waals surface area (Å²) in [5.41, 5.74) is 0. The number of nitrogens with one attached hydrogen (secondary N) is 1. The number of hydrogen-bond donors (Lipinski definition) is 2. The minimum absolute atomic E-state index is 0.0103. The van der Waals surface area contributed by atoms with E-state index in [1.54, 1.807) is 6.08 Å². The third-order valence-electron chi connectivity index (χ3n) is 13.2. The van der Waals surface area contributed by atoms with Crippen LogP contribution in [-0.2, 0) is 18.4 Å². The quantitative estimate of drug-likeness (QED) is 0.0272. The lowest BCUT2D eigenvalue weighted by Gasteiger charge is -2.29. The first-order valence-electron chi connectivity index (χ1n) is 29.7. The first kappa shape index (κ1) is 68.2. The smallest absolute Gasteiger partial charge is 0.268 e. The van der Waals surface area contributed by atoms with Crippen molar-refractivity contribution in [3.8, 4) is 0 Å². The second-order valence-electron chi connectivity index (χ2n) is 21.3. The number of aliphatic hydroxyl groups is 1. The van der Waals surface area contributed by atoms with Crippen LogP contribution in [0.5, 0.6) is 0 Å². The van der Waals surface area contributed by atoms with E-state index in [2.05, 4.69) is 67.8 Å². The van der Waals surface area contributed by atoms with E-state index in [1.807, 2.05) is 27.2 Å². The summed E-state index contributed by atoms with van der Waals surface area (Å²) in [5.74, 6) is -0.211. The number of allylic oxidation sites excluding steroid dienone is 9. The van der Waals surface area contributed by atoms with Gasteiger partial charge in [0, 0.05) is 6.42 Å². The van der Waals surface area contributed by atoms with Crippen LogP contribution in [0.25, 0.3) is 0 Å². The van der Waals surface area contributed by atoms with E-state index in [-0.39, 0.29) is 12.5 Å². The van der Waals surface area contributed by atoms with Gasteiger partial charge in [0.1, 0.15) is 13.2 Å². The number of hydrogen-bond acceptors (Lipinski definition) is 6. The Kier molecular flexibility index (Phi) is 50.7. The van der Waals surface area contributed by atoms with Crippen molar-refractivity contribution in [3.63, 3.8) is 0 Å². The summed E-state index contributed by atoms with van der Waals surface area (Å²) >= 11 is 0. The zero-order chi connectivity index (χ0) is 51.3. The van der Waals surface area contributed by atoms with E-state index in [1.165, 1.54) is 199 Å². The van der Waals surface area contributed by atoms with Crippen LogP contribution in [0.2, 0.25) is 0 Å². The number of phosphoric acid groups is 1. The molecule has 3 unspecified atom stereocenters. The van der Waals surface area contributed by atoms with Gasteiger partial charge in [-0.25, -0.2) is 0 Å². The molecule has 8 nitrogen and oxygen atoms in total. The predicted octanol–water partition coefficient (Wildman–Crippen LogP) is 17.5. The number of unbranched alkanes of at least 4 members (excludes halogenated alkanes) is 33. The molecule has 0 heterocycles. The van der Waals surface area contributed by atoms with Crippen molar-refractivity contribution in [3.05, 3.63) is 60.8 Å². The Morgan fingerprint density at radius 2 is 0.843 bits per heavy atom. The number of rotatable bonds is 54. The van der Waals surface area contributed by atoms with Crippen LogP contribution in [0.15, 0.2) is 60.8 Å². The summed E-state index contributed by atoms with van der Waals surface area (Å²) in [6, 6.07) is -0.912. The molecule has 0 saturated heterocycles. The number of carbonyl (C=O) groups excluding carboxylic acids is 1. The average molecular weight is 1000 g/mol. The van der Waals surface area contributed by atoms with Gasteiger partial charge in [0.15, 0.2) is 0 Å². The summed E-state index contributed by atoms with van der Waals surface area (Å²) < 4.78 is 23.3. The number of carbonyl (C=O) groups is 1. The number of aliphatic hydroxyl groups excluding tert-OH is 1. The predicted molar refractivity (Wildman–Crippen MR) is 302 cm³/mol. The zero-order valence-corrected chi connectivity index (χ0v) is 47.6. The Bertz CT molecular complexity index is 1320. The molecule has 3 atom stereocenters. The summed E-state index contributed by atoms with van der Waals surface area (Å²) in [7, 11) is 1.24. The molecule has 0 fully saturated rings. The lowest BCUT2D eigenvalue weighted by Crippen LogP contribution is -2.45. The second kappa shape index (κ2) is 52.1. The van der Waals surface area contributed by atoms with Crippen LogP contribution >= 0.6 is 7.82 Å². The number of amides is 1. The molecule has 0 radical (unpaired) electrons. The van der Waals surface area contributed by atoms with Crippen molar-refractivity contribution < 1.29 is 32.9 Å². The van der Waals surface area contributed by atoms with Gasteiger partial charge in [0.25, 0.3) is 7.82 Å². The monoisotopic (exact) mass is 1000 g/mol. The van der Waals surface area contributed by atoms with Crippen LogP contribution in [0.3, 0.4) is 0 Å². The molecule has 0 aliphatic rings. The fourth-order valence-corrected chi connectivity index (χ4v) is 9.23. The molecule has 0 aliphatic carbocycles. The molecule has 70 heavy (non-hydrogen) atoms. The van der Waals surface area contributed by atoms with E-state index < -0.39 is 26.6 Å². The highest BCUT2D eigenvalue weighted by atomic mass is 31.2. The van der Waals surface area contributed by atoms with Crippen LogP contribution in [0.1, 0.15) is 271 Å². The highest BCUT2D eigenvalue weighted by molar-refractivity contribution is 7.45. The van der Waals surface area contributed by atoms with Crippen LogP contribution in [0.4, 0.5) is 0 Å². The maximum absolute atomic E-state index is 13.0. The van der Waals surface area contributed by atoms with Gasteiger partial charge >= 0.3 is 0 Å². The van der Waals surface area contributed by atoms with E-state index in [9.17, 15) is 19.4 Å². The first-order valence-corrected chi connectivity index (χ1v) is 31.1. The van der Waals surface area contributed by atoms with Gasteiger partial charge in [-0.05, 0) is 77.0 Å². The Balaban J connectivity index is 4.21. The minimum Gasteiger partial charge on any atom is -0.756 e. The van der Waals surface area contributed by atoms with Crippen LogP contribution in [0, 0.1) is 0 Å². The van der Waals surface area contributed by atoms with Crippen molar-refractivity contribution in [2.45, 2.75) is 283 Å². The third-order valence-corrected chi connectivity index (χ3v) is 14.1. The van der Waals surface area contributed by atoms with E-state index in [0.29, 0.717) is 17.4 Å². The fraction of sp³-hybridized carbons (Fsp3) is 0.820. The lowest BCUT2D eigenvalue weighted by molar-refractivity contribution is -0.870. The standard InChI is InChI=1S/C61H115N2O6P/c1-6-8-10-12-14-16-18-20-22-24-26-27-28-29-30-31-32-33-34-35-37-39-41-43-45-47-49-51-53-55-61(65)62-59(58-69-70(66,67)68-57-56-63(3,4)5)60(64)54-52-50-48-46-44-42-40-38-36-25-23-21-19-17-15-13-11-9-7-2/h26-27,29-30,36,38,44,46,52,54,59-60,64H,6-25,28,31-35,37,39-43,45,47-51,53,55-58H2,1-5H3,(H-,62,65,66,67)/b27-26-,30-29-,38-36+,46-44+,54-52+. The van der Waals surface area contributed by atoms with Gasteiger partial charge in [-0.15, -0.1) is 0 Å². The normalized spacial score (nSPS) is 14.3. The molecule has 9 heteroatoms. The van der Waals surface area contributed by atoms with Crippen LogP contribution in [-0.4, -0.2) is 68.5 Å². The largest absolute Gasteiger partial charge is 0.756 e. The van der Waals surface area contributed by atoms with Crippen molar-refractivity contribution in [1.82, 2.24) is 5.32 Å². The van der Waals surface area contributed by atoms with Gasteiger partial charge in [-0.2, -0.15) is 0 Å². The van der Waals surface area contributed by atoms with Gasteiger partial charge in [0.2, 0.25) is 5.91 Å². The molecule has 0 aromatic rings. The summed E-state index contributed by atoms with van der Waals surface area (Å²) in [6.07, 6.45) is 70.2. The molecule has 0 saturated carbocycles. The minimum atomic E-state index is -4.61. The van der Waals surface area contributed by atoms with Gasteiger partial charge in [0.05, 0.1) is 39.9 Å². The van der Waals surface area contributed by atoms with Crippen LogP contribution < -0.4 is 10.2 Å². The SMILES string of the molecule is CCCCCCCCCCC/C=C\C/C=C\CCCCCCCCCCCCCCCC(=O)NC(COP(=O)([O-])OCC[N+](C)(C)C)C(O)/C=C/CC/C=C/CC/C=C/CCCCCCCCCCC. The van der Waals surface area contributed by atoms with Crippen molar-refractivity contribution >= 4 is 13.7 Å². The molecule has 0 aromatic carbocycles. The number of nitrogens with zero attached hydrogens (tertiary/aromatic N) is 1. The van der Waals surface area contributed by atoms with Crippen molar-refractivity contribution in [2.24, 2.45) is 0 Å². The molecule has 410 valence electrons. The Morgan fingerprint density at radius 1 is 0.500 bits per heavy atom. The number of quaternary nitrogens is 1. The molecule has 0 aliphatic heterocycles. The Morgan fingerprint density at radius 3 is 1.24 bits per heavy atom. The summed E-state index contributed by atoms with van der Waals surface area (Å²) in [4.78, 5) is 25.5. The lowest BCUT2D eigenvalue weighted by atomic mass is 10.0. The van der Waals surface area contributed by atoms with E-state index in [0.717, 1.165) is 51.4 Å². The second-order valence-corrected chi connectivity index (χ2v) is 22.7. The summed E-state index contributed by atoms with van der Waals surface area (Å²) in [6.45, 7) is 4.64. The molecule has 0 aromatic heterocycles. The highest BCUT2D eigenvalue weighted by Crippen LogP contribution is 2.38. The third kappa shape index (κ3) is 54.0. The number of likely N-dealkylation sites (N-methyl/N-ethyl adjacent to an activating group) is 1. The van der Waals surface area contributed by atoms with Gasteiger partial charge < -0.3 is 28.8 Å². The highest BCUT2D eigenvalue weighted by Gasteiger charge is 2.23. The zero-order valence-electron chi connectivity index (χ0n) is 46.7. The first-order chi connectivity index (χ1) is 34.0. The molecule has 1 amide bonds. The molecular weight excluding hydrogens is 888 g/mol. The topological polar surface area (TPSA) is 108 Å². The molecule has 2 N–H and O–H groups in total. The average Bonchev–Trinajstić information content (AvgIpc) is 3.32. The molecule has 0 spiro atoms. The maximum atomic E-state index is 13.0. The van der Waals surface area contributed by atoms with E-state index >= 15 is 0 Å². The van der Waals surface area contributed by atoms with Gasteiger partial charge in [-0.3, -0.25) is 9.36 Å². The van der Waals surface area contributed by atoms with Crippen molar-refractivity contribution in [2.75, 3.05) is 40.9 Å². The van der Waals surface area contributed by atoms with E-state index in [4.69, 9.17) is 9.05 Å². The van der Waals surface area contributed by atoms with Crippen molar-refractivity contribution in [1.29, 1.82) is 0 Å². The van der Waals surface area contributed by atoms with Gasteiger partial charge in [-0.1, -0.05) is 248 Å². The number of phosphoric ester groups is 1. The Labute approximate surface area is 434 Å². The molecule has 0 bridgehead atoms. The Hall–Kier alpha value is -1.80. The fourth-order valence-electron chi connectivity index (χ4n) is 8.51. The summed E-state index contributed by atoms with van der Waals surface area (Å²) in [5, 5.41) is 13.9. The molecule has 0 rings (SSSR count). The molecular formula is C61H115N2O6P.